The van der Waals surface area contributed by atoms with Gasteiger partial charge in [-0.15, -0.1) is 0 Å². The number of carbonyl (C=O) groups excluding carboxylic acids is 3. The maximum atomic E-state index is 13.6. The quantitative estimate of drug-likeness (QED) is 0.695. The van der Waals surface area contributed by atoms with E-state index in [-0.39, 0.29) is 30.3 Å². The molecule has 3 aliphatic rings. The summed E-state index contributed by atoms with van der Waals surface area (Å²) in [4.78, 5) is 43.8. The first-order valence-corrected chi connectivity index (χ1v) is 12.8. The number of nitrogens with zero attached hydrogens (tertiary/aromatic N) is 4. The molecule has 2 atom stereocenters. The van der Waals surface area contributed by atoms with Crippen LogP contribution in [0, 0.1) is 11.8 Å². The Morgan fingerprint density at radius 3 is 2.47 bits per heavy atom. The van der Waals surface area contributed by atoms with Gasteiger partial charge in [0.1, 0.15) is 12.2 Å². The fraction of sp³-hybridized carbons (Fsp3) is 0.654. The van der Waals surface area contributed by atoms with E-state index in [4.69, 9.17) is 0 Å². The molecule has 4 amide bonds. The van der Waals surface area contributed by atoms with Crippen LogP contribution in [0.2, 0.25) is 0 Å². The van der Waals surface area contributed by atoms with Crippen LogP contribution in [-0.4, -0.2) is 76.6 Å². The Hall–Kier alpha value is -2.61. The van der Waals surface area contributed by atoms with Crippen molar-refractivity contribution in [2.45, 2.75) is 71.1 Å². The predicted molar refractivity (Wildman–Crippen MR) is 130 cm³/mol. The van der Waals surface area contributed by atoms with E-state index in [1.165, 1.54) is 19.3 Å². The van der Waals surface area contributed by atoms with Gasteiger partial charge < -0.3 is 15.1 Å². The van der Waals surface area contributed by atoms with Crippen molar-refractivity contribution in [2.75, 3.05) is 26.7 Å². The molecular weight excluding hydrogens is 430 g/mol. The molecule has 1 aliphatic carbocycles. The molecule has 2 saturated heterocycles. The minimum Gasteiger partial charge on any atom is -0.337 e. The molecule has 0 aromatic heterocycles. The van der Waals surface area contributed by atoms with E-state index in [0.717, 1.165) is 24.9 Å². The lowest BCUT2D eigenvalue weighted by molar-refractivity contribution is -0.188. The standard InChI is InChI=1S/C26H39N5O3/c1-19(2)14-22-25(33)29(16-21-12-8-5-9-13-21)17-23-30(22)24(32)18-28(3)31(23)26(34)27-15-20-10-6-4-7-11-20/h4,6-7,10-11,19,21-23H,5,8-9,12-18H2,1-3H3,(H,27,34)/t22-,23-/m0/s1. The van der Waals surface area contributed by atoms with Crippen LogP contribution in [0.1, 0.15) is 57.9 Å². The molecule has 1 saturated carbocycles. The third-order valence-corrected chi connectivity index (χ3v) is 7.33. The van der Waals surface area contributed by atoms with Crippen molar-refractivity contribution in [3.8, 4) is 0 Å². The van der Waals surface area contributed by atoms with E-state index in [1.807, 2.05) is 35.2 Å². The van der Waals surface area contributed by atoms with Crippen LogP contribution in [0.5, 0.6) is 0 Å². The van der Waals surface area contributed by atoms with Crippen LogP contribution in [0.4, 0.5) is 4.79 Å². The Morgan fingerprint density at radius 1 is 1.09 bits per heavy atom. The molecular formula is C26H39N5O3. The van der Waals surface area contributed by atoms with Gasteiger partial charge in [-0.05, 0) is 36.7 Å². The number of hydrogen-bond donors (Lipinski definition) is 1. The molecule has 0 unspecified atom stereocenters. The molecule has 4 rings (SSSR count). The number of amides is 4. The third kappa shape index (κ3) is 5.37. The van der Waals surface area contributed by atoms with Gasteiger partial charge in [0.05, 0.1) is 13.1 Å². The number of nitrogens with one attached hydrogen (secondary N) is 1. The summed E-state index contributed by atoms with van der Waals surface area (Å²) in [5, 5.41) is 6.36. The normalized spacial score (nSPS) is 24.5. The van der Waals surface area contributed by atoms with Crippen LogP contribution >= 0.6 is 0 Å². The summed E-state index contributed by atoms with van der Waals surface area (Å²) in [6, 6.07) is 9.02. The van der Waals surface area contributed by atoms with E-state index in [0.29, 0.717) is 25.4 Å². The number of urea groups is 1. The summed E-state index contributed by atoms with van der Waals surface area (Å²) in [5.74, 6) is 0.715. The Balaban J connectivity index is 1.56. The topological polar surface area (TPSA) is 76.2 Å². The van der Waals surface area contributed by atoms with Crippen LogP contribution in [0.25, 0.3) is 0 Å². The van der Waals surface area contributed by atoms with Crippen molar-refractivity contribution >= 4 is 17.8 Å². The number of piperazine rings is 1. The molecule has 3 fully saturated rings. The van der Waals surface area contributed by atoms with Crippen molar-refractivity contribution in [3.63, 3.8) is 0 Å². The number of carbonyl (C=O) groups is 3. The Morgan fingerprint density at radius 2 is 1.79 bits per heavy atom. The molecule has 186 valence electrons. The van der Waals surface area contributed by atoms with E-state index in [9.17, 15) is 14.4 Å². The van der Waals surface area contributed by atoms with Gasteiger partial charge in [-0.1, -0.05) is 63.4 Å². The minimum absolute atomic E-state index is 0.0399. The number of hydrazine groups is 1. The first-order valence-electron chi connectivity index (χ1n) is 12.8. The van der Waals surface area contributed by atoms with Crippen molar-refractivity contribution in [1.82, 2.24) is 25.1 Å². The smallest absolute Gasteiger partial charge is 0.334 e. The van der Waals surface area contributed by atoms with Crippen LogP contribution in [0.3, 0.4) is 0 Å². The lowest BCUT2D eigenvalue weighted by Gasteiger charge is -2.55. The van der Waals surface area contributed by atoms with E-state index in [2.05, 4.69) is 19.2 Å². The summed E-state index contributed by atoms with van der Waals surface area (Å²) in [7, 11) is 1.77. The highest BCUT2D eigenvalue weighted by molar-refractivity contribution is 5.91. The molecule has 8 heteroatoms. The minimum atomic E-state index is -0.520. The Labute approximate surface area is 203 Å². The van der Waals surface area contributed by atoms with E-state index in [1.54, 1.807) is 22.0 Å². The molecule has 34 heavy (non-hydrogen) atoms. The average Bonchev–Trinajstić information content (AvgIpc) is 2.81. The highest BCUT2D eigenvalue weighted by Gasteiger charge is 2.50. The van der Waals surface area contributed by atoms with Gasteiger partial charge in [-0.2, -0.15) is 0 Å². The monoisotopic (exact) mass is 469 g/mol. The second-order valence-corrected chi connectivity index (χ2v) is 10.5. The number of fused-ring (bicyclic) bond motifs is 1. The van der Waals surface area contributed by atoms with Gasteiger partial charge >= 0.3 is 6.03 Å². The molecule has 2 heterocycles. The summed E-state index contributed by atoms with van der Waals surface area (Å²) >= 11 is 0. The molecule has 1 aromatic rings. The lowest BCUT2D eigenvalue weighted by Crippen LogP contribution is -2.76. The van der Waals surface area contributed by atoms with E-state index >= 15 is 0 Å². The maximum absolute atomic E-state index is 13.6. The highest BCUT2D eigenvalue weighted by Crippen LogP contribution is 2.31. The maximum Gasteiger partial charge on any atom is 0.334 e. The van der Waals surface area contributed by atoms with Gasteiger partial charge in [-0.3, -0.25) is 9.59 Å². The largest absolute Gasteiger partial charge is 0.337 e. The molecule has 0 spiro atoms. The first kappa shape index (κ1) is 24.5. The van der Waals surface area contributed by atoms with Crippen LogP contribution in [-0.2, 0) is 16.1 Å². The number of likely N-dealkylation sites (N-methyl/N-ethyl adjacent to an activating group) is 1. The molecule has 2 aliphatic heterocycles. The van der Waals surface area contributed by atoms with Crippen LogP contribution in [0.15, 0.2) is 30.3 Å². The number of rotatable bonds is 6. The summed E-state index contributed by atoms with van der Waals surface area (Å²) in [5.41, 5.74) is 1.01. The van der Waals surface area contributed by atoms with Crippen molar-refractivity contribution < 1.29 is 14.4 Å². The summed E-state index contributed by atoms with van der Waals surface area (Å²) < 4.78 is 0. The van der Waals surface area contributed by atoms with Gasteiger partial charge in [0.25, 0.3) is 0 Å². The molecule has 1 N–H and O–H groups in total. The second-order valence-electron chi connectivity index (χ2n) is 10.5. The third-order valence-electron chi connectivity index (χ3n) is 7.33. The fourth-order valence-corrected chi connectivity index (χ4v) is 5.68. The van der Waals surface area contributed by atoms with Crippen molar-refractivity contribution in [1.29, 1.82) is 0 Å². The lowest BCUT2D eigenvalue weighted by atomic mass is 9.88. The van der Waals surface area contributed by atoms with E-state index < -0.39 is 12.2 Å². The van der Waals surface area contributed by atoms with Crippen molar-refractivity contribution in [3.05, 3.63) is 35.9 Å². The SMILES string of the molecule is CC(C)C[C@H]1C(=O)N(CC2CCCCC2)C[C@H]2N1C(=O)CN(C)N2C(=O)NCc1ccccc1. The Kier molecular flexibility index (Phi) is 7.76. The average molecular weight is 470 g/mol. The molecule has 0 radical (unpaired) electrons. The van der Waals surface area contributed by atoms with Crippen molar-refractivity contribution in [2.24, 2.45) is 11.8 Å². The predicted octanol–water partition coefficient (Wildman–Crippen LogP) is 3.05. The molecule has 0 bridgehead atoms. The Bertz CT molecular complexity index is 870. The first-order chi connectivity index (χ1) is 16.3. The second kappa shape index (κ2) is 10.8. The molecule has 8 nitrogen and oxygen atoms in total. The zero-order chi connectivity index (χ0) is 24.2. The van der Waals surface area contributed by atoms with Gasteiger partial charge in [-0.25, -0.2) is 14.8 Å². The number of benzene rings is 1. The zero-order valence-corrected chi connectivity index (χ0v) is 20.8. The van der Waals surface area contributed by atoms with Gasteiger partial charge in [0.15, 0.2) is 0 Å². The van der Waals surface area contributed by atoms with Crippen LogP contribution < -0.4 is 5.32 Å². The van der Waals surface area contributed by atoms with Gasteiger partial charge in [0, 0.05) is 20.1 Å². The fourth-order valence-electron chi connectivity index (χ4n) is 5.68. The number of hydrogen-bond acceptors (Lipinski definition) is 4. The molecule has 1 aromatic carbocycles. The van der Waals surface area contributed by atoms with Gasteiger partial charge in [0.2, 0.25) is 11.8 Å². The highest BCUT2D eigenvalue weighted by atomic mass is 16.2. The zero-order valence-electron chi connectivity index (χ0n) is 20.8. The summed E-state index contributed by atoms with van der Waals surface area (Å²) in [6.45, 7) is 5.72. The summed E-state index contributed by atoms with van der Waals surface area (Å²) in [6.07, 6.45) is 6.10.